The lowest BCUT2D eigenvalue weighted by Crippen LogP contribution is -2.10. The molecular formula is C10H14ClNO. The van der Waals surface area contributed by atoms with Crippen LogP contribution in [0, 0.1) is 6.92 Å². The molecule has 0 amide bonds. The molecule has 0 fully saturated rings. The Bertz CT molecular complexity index is 276. The van der Waals surface area contributed by atoms with Crippen LogP contribution in [0.25, 0.3) is 0 Å². The summed E-state index contributed by atoms with van der Waals surface area (Å²) >= 11 is 5.51. The quantitative estimate of drug-likeness (QED) is 0.594. The summed E-state index contributed by atoms with van der Waals surface area (Å²) in [5, 5.41) is 3.05. The van der Waals surface area contributed by atoms with Crippen molar-refractivity contribution in [2.75, 3.05) is 13.1 Å². The van der Waals surface area contributed by atoms with Gasteiger partial charge in [-0.1, -0.05) is 12.1 Å². The Kier molecular flexibility index (Phi) is 4.06. The van der Waals surface area contributed by atoms with Crippen LogP contribution in [0.2, 0.25) is 0 Å². The van der Waals surface area contributed by atoms with Crippen LogP contribution < -0.4 is 10.1 Å². The van der Waals surface area contributed by atoms with Crippen molar-refractivity contribution >= 4 is 11.6 Å². The van der Waals surface area contributed by atoms with Gasteiger partial charge in [-0.2, -0.15) is 0 Å². The smallest absolute Gasteiger partial charge is 0.121 e. The highest BCUT2D eigenvalue weighted by Crippen LogP contribution is 2.18. The van der Waals surface area contributed by atoms with Crippen molar-refractivity contribution in [3.63, 3.8) is 0 Å². The van der Waals surface area contributed by atoms with E-state index in [4.69, 9.17) is 16.3 Å². The first-order valence-corrected chi connectivity index (χ1v) is 4.71. The van der Waals surface area contributed by atoms with E-state index >= 15 is 0 Å². The lowest BCUT2D eigenvalue weighted by atomic mass is 10.1. The number of hydrogen-bond acceptors (Lipinski definition) is 2. The lowest BCUT2D eigenvalue weighted by molar-refractivity contribution is 0.411. The number of methoxy groups -OCH3 is 1. The van der Waals surface area contributed by atoms with Crippen LogP contribution >= 0.6 is 11.6 Å². The third kappa shape index (κ3) is 2.90. The minimum Gasteiger partial charge on any atom is -0.496 e. The van der Waals surface area contributed by atoms with Crippen LogP contribution in [0.5, 0.6) is 5.75 Å². The SMILES string of the molecule is COc1ccc(CNCCl)cc1C. The van der Waals surface area contributed by atoms with Crippen molar-refractivity contribution in [1.29, 1.82) is 0 Å². The molecule has 0 spiro atoms. The Labute approximate surface area is 83.9 Å². The van der Waals surface area contributed by atoms with Crippen LogP contribution in [0.4, 0.5) is 0 Å². The molecule has 0 saturated heterocycles. The summed E-state index contributed by atoms with van der Waals surface area (Å²) in [4.78, 5) is 0. The molecule has 1 N–H and O–H groups in total. The molecule has 3 heteroatoms. The predicted molar refractivity (Wildman–Crippen MR) is 55.3 cm³/mol. The molecule has 1 aromatic carbocycles. The van der Waals surface area contributed by atoms with Crippen molar-refractivity contribution in [2.24, 2.45) is 0 Å². The zero-order chi connectivity index (χ0) is 9.68. The molecule has 13 heavy (non-hydrogen) atoms. The summed E-state index contributed by atoms with van der Waals surface area (Å²) in [6, 6.07) is 6.58. The molecule has 0 atom stereocenters. The zero-order valence-electron chi connectivity index (χ0n) is 7.93. The highest BCUT2D eigenvalue weighted by atomic mass is 35.5. The fraction of sp³-hybridized carbons (Fsp3) is 0.400. The van der Waals surface area contributed by atoms with Gasteiger partial charge >= 0.3 is 0 Å². The third-order valence-corrected chi connectivity index (χ3v) is 2.07. The normalized spacial score (nSPS) is 10.1. The second-order valence-corrected chi connectivity index (χ2v) is 3.13. The number of hydrogen-bond donors (Lipinski definition) is 1. The van der Waals surface area contributed by atoms with Gasteiger partial charge in [0.15, 0.2) is 0 Å². The van der Waals surface area contributed by atoms with Gasteiger partial charge in [0.2, 0.25) is 0 Å². The number of rotatable bonds is 4. The van der Waals surface area contributed by atoms with Crippen molar-refractivity contribution in [3.8, 4) is 5.75 Å². The van der Waals surface area contributed by atoms with Crippen molar-refractivity contribution in [3.05, 3.63) is 29.3 Å². The zero-order valence-corrected chi connectivity index (χ0v) is 8.69. The van der Waals surface area contributed by atoms with Crippen LogP contribution in [0.15, 0.2) is 18.2 Å². The molecule has 0 saturated carbocycles. The van der Waals surface area contributed by atoms with Crippen molar-refractivity contribution < 1.29 is 4.74 Å². The summed E-state index contributed by atoms with van der Waals surface area (Å²) in [6.07, 6.45) is 0. The first-order chi connectivity index (χ1) is 6.27. The molecule has 72 valence electrons. The van der Waals surface area contributed by atoms with E-state index in [1.165, 1.54) is 5.56 Å². The first-order valence-electron chi connectivity index (χ1n) is 4.18. The Hall–Kier alpha value is -0.730. The number of alkyl halides is 1. The highest BCUT2D eigenvalue weighted by molar-refractivity contribution is 6.17. The summed E-state index contributed by atoms with van der Waals surface area (Å²) in [6.45, 7) is 2.83. The van der Waals surface area contributed by atoms with E-state index in [1.807, 2.05) is 19.1 Å². The van der Waals surface area contributed by atoms with E-state index in [1.54, 1.807) is 7.11 Å². The van der Waals surface area contributed by atoms with Crippen LogP contribution in [0.1, 0.15) is 11.1 Å². The van der Waals surface area contributed by atoms with Gasteiger partial charge in [-0.3, -0.25) is 5.32 Å². The van der Waals surface area contributed by atoms with Gasteiger partial charge in [0, 0.05) is 6.54 Å². The van der Waals surface area contributed by atoms with Gasteiger partial charge in [-0.25, -0.2) is 0 Å². The van der Waals surface area contributed by atoms with Crippen molar-refractivity contribution in [2.45, 2.75) is 13.5 Å². The van der Waals surface area contributed by atoms with E-state index in [9.17, 15) is 0 Å². The topological polar surface area (TPSA) is 21.3 Å². The van der Waals surface area contributed by atoms with Gasteiger partial charge in [0.25, 0.3) is 0 Å². The molecule has 0 aliphatic heterocycles. The summed E-state index contributed by atoms with van der Waals surface area (Å²) in [7, 11) is 1.68. The van der Waals surface area contributed by atoms with E-state index < -0.39 is 0 Å². The predicted octanol–water partition coefficient (Wildman–Crippen LogP) is 2.29. The average molecular weight is 200 g/mol. The summed E-state index contributed by atoms with van der Waals surface area (Å²) < 4.78 is 5.16. The van der Waals surface area contributed by atoms with E-state index in [-0.39, 0.29) is 0 Å². The number of halogens is 1. The number of ether oxygens (including phenoxy) is 1. The van der Waals surface area contributed by atoms with Gasteiger partial charge < -0.3 is 4.74 Å². The second-order valence-electron chi connectivity index (χ2n) is 2.86. The van der Waals surface area contributed by atoms with Gasteiger partial charge in [0.1, 0.15) is 5.75 Å². The molecule has 0 unspecified atom stereocenters. The number of benzene rings is 1. The first kappa shape index (κ1) is 10.4. The molecule has 0 aromatic heterocycles. The maximum absolute atomic E-state index is 5.51. The maximum Gasteiger partial charge on any atom is 0.121 e. The average Bonchev–Trinajstić information content (AvgIpc) is 2.15. The third-order valence-electron chi connectivity index (χ3n) is 1.88. The molecule has 0 radical (unpaired) electrons. The molecule has 1 rings (SSSR count). The largest absolute Gasteiger partial charge is 0.496 e. The Morgan fingerprint density at radius 1 is 1.46 bits per heavy atom. The maximum atomic E-state index is 5.51. The fourth-order valence-electron chi connectivity index (χ4n) is 1.24. The second kappa shape index (κ2) is 5.10. The summed E-state index contributed by atoms with van der Waals surface area (Å²) in [5.41, 5.74) is 2.37. The number of aryl methyl sites for hydroxylation is 1. The molecule has 0 aliphatic rings. The minimum absolute atomic E-state index is 0.477. The minimum atomic E-state index is 0.477. The standard InChI is InChI=1S/C10H14ClNO/c1-8-5-9(6-12-7-11)3-4-10(8)13-2/h3-5,12H,6-7H2,1-2H3. The van der Waals surface area contributed by atoms with Crippen molar-refractivity contribution in [1.82, 2.24) is 5.32 Å². The van der Waals surface area contributed by atoms with Gasteiger partial charge in [-0.05, 0) is 24.1 Å². The molecule has 0 bridgehead atoms. The fourth-order valence-corrected chi connectivity index (χ4v) is 1.34. The van der Waals surface area contributed by atoms with Crippen LogP contribution in [-0.4, -0.2) is 13.1 Å². The molecular weight excluding hydrogens is 186 g/mol. The summed E-state index contributed by atoms with van der Waals surface area (Å²) in [5.74, 6) is 0.926. The molecule has 1 aromatic rings. The van der Waals surface area contributed by atoms with Gasteiger partial charge in [-0.15, -0.1) is 11.6 Å². The Morgan fingerprint density at radius 3 is 2.77 bits per heavy atom. The van der Waals surface area contributed by atoms with Crippen LogP contribution in [-0.2, 0) is 6.54 Å². The highest BCUT2D eigenvalue weighted by Gasteiger charge is 1.98. The van der Waals surface area contributed by atoms with Gasteiger partial charge in [0.05, 0.1) is 13.1 Å². The lowest BCUT2D eigenvalue weighted by Gasteiger charge is -2.07. The molecule has 0 aliphatic carbocycles. The Morgan fingerprint density at radius 2 is 2.23 bits per heavy atom. The Balaban J connectivity index is 2.71. The number of nitrogens with one attached hydrogen (secondary N) is 1. The van der Waals surface area contributed by atoms with Crippen LogP contribution in [0.3, 0.4) is 0 Å². The molecule has 0 heterocycles. The molecule has 2 nitrogen and oxygen atoms in total. The van der Waals surface area contributed by atoms with E-state index in [0.717, 1.165) is 17.9 Å². The van der Waals surface area contributed by atoms with E-state index in [0.29, 0.717) is 6.00 Å². The monoisotopic (exact) mass is 199 g/mol. The van der Waals surface area contributed by atoms with E-state index in [2.05, 4.69) is 11.4 Å².